The van der Waals surface area contributed by atoms with E-state index in [0.29, 0.717) is 43.6 Å². The lowest BCUT2D eigenvalue weighted by molar-refractivity contribution is -0.145. The van der Waals surface area contributed by atoms with E-state index in [0.717, 1.165) is 77.0 Å². The second-order valence-corrected chi connectivity index (χ2v) is 14.3. The van der Waals surface area contributed by atoms with Crippen molar-refractivity contribution >= 4 is 32.3 Å². The number of hydrogen-bond donors (Lipinski definition) is 0. The van der Waals surface area contributed by atoms with Gasteiger partial charge in [0.1, 0.15) is 12.2 Å². The first kappa shape index (κ1) is 47.2. The zero-order valence-corrected chi connectivity index (χ0v) is 33.6. The summed E-state index contributed by atoms with van der Waals surface area (Å²) in [5, 5.41) is 0. The van der Waals surface area contributed by atoms with Gasteiger partial charge in [-0.2, -0.15) is 0 Å². The van der Waals surface area contributed by atoms with Crippen molar-refractivity contribution in [3.8, 4) is 0 Å². The SMILES string of the molecule is CCCCCCCCOC(=O)CCCC(=O)OCCCCCCCC.CP=O.O=C(OC1CCCCC1)c1ccccc1C(=O)OC1CCCCC1. The van der Waals surface area contributed by atoms with Crippen LogP contribution in [0.2, 0.25) is 0 Å². The number of benzene rings is 1. The van der Waals surface area contributed by atoms with Crippen molar-refractivity contribution in [3.63, 3.8) is 0 Å². The Hall–Kier alpha value is -2.80. The van der Waals surface area contributed by atoms with Gasteiger partial charge in [0.2, 0.25) is 0 Å². The van der Waals surface area contributed by atoms with Gasteiger partial charge in [0, 0.05) is 19.5 Å². The summed E-state index contributed by atoms with van der Waals surface area (Å²) >= 11 is 0. The van der Waals surface area contributed by atoms with Gasteiger partial charge in [-0.25, -0.2) is 9.59 Å². The average molecular weight is 749 g/mol. The molecular weight excluding hydrogens is 679 g/mol. The van der Waals surface area contributed by atoms with Crippen LogP contribution in [0.25, 0.3) is 0 Å². The van der Waals surface area contributed by atoms with Crippen molar-refractivity contribution in [2.45, 2.75) is 187 Å². The van der Waals surface area contributed by atoms with E-state index in [9.17, 15) is 19.2 Å². The number of unbranched alkanes of at least 4 members (excludes halogenated alkanes) is 10. The summed E-state index contributed by atoms with van der Waals surface area (Å²) < 4.78 is 30.5. The van der Waals surface area contributed by atoms with Crippen LogP contribution in [0.5, 0.6) is 0 Å². The molecule has 0 N–H and O–H groups in total. The first-order valence-corrected chi connectivity index (χ1v) is 21.7. The monoisotopic (exact) mass is 748 g/mol. The predicted molar refractivity (Wildman–Crippen MR) is 207 cm³/mol. The van der Waals surface area contributed by atoms with Gasteiger partial charge in [-0.05, 0) is 82.8 Å². The maximum absolute atomic E-state index is 12.5. The standard InChI is InChI=1S/C21H40O4.C20H26O4.CH3OP/c1-3-5-7-9-11-13-18-24-20(22)16-15-17-21(23)25-19-14-12-10-8-6-4-2;21-19(23-15-9-3-1-4-10-15)17-13-7-8-14-18(17)20(22)24-16-11-5-2-6-12-16;1-3-2/h3-19H2,1-2H3;7-8,13-16H,1-6,9-12H2;1H3. The minimum atomic E-state index is -0.405. The third kappa shape index (κ3) is 24.4. The normalized spacial score (nSPS) is 14.6. The second-order valence-electron chi connectivity index (χ2n) is 13.9. The smallest absolute Gasteiger partial charge is 0.339 e. The van der Waals surface area contributed by atoms with Crippen LogP contribution in [0.15, 0.2) is 24.3 Å². The molecule has 10 heteroatoms. The fourth-order valence-electron chi connectivity index (χ4n) is 6.29. The molecule has 0 spiro atoms. The topological polar surface area (TPSA) is 122 Å². The molecule has 52 heavy (non-hydrogen) atoms. The Kier molecular flexibility index (Phi) is 29.8. The van der Waals surface area contributed by atoms with E-state index >= 15 is 0 Å². The van der Waals surface area contributed by atoms with Crippen LogP contribution in [0.4, 0.5) is 0 Å². The third-order valence-corrected chi connectivity index (χ3v) is 9.30. The van der Waals surface area contributed by atoms with Gasteiger partial charge in [0.05, 0.1) is 24.3 Å². The number of hydrogen-bond acceptors (Lipinski definition) is 9. The molecule has 0 saturated heterocycles. The maximum Gasteiger partial charge on any atom is 0.339 e. The molecule has 9 nitrogen and oxygen atoms in total. The van der Waals surface area contributed by atoms with Gasteiger partial charge in [0.15, 0.2) is 8.46 Å². The lowest BCUT2D eigenvalue weighted by Gasteiger charge is -2.23. The average Bonchev–Trinajstić information content (AvgIpc) is 3.15. The zero-order chi connectivity index (χ0) is 38.1. The molecule has 1 aromatic carbocycles. The van der Waals surface area contributed by atoms with Gasteiger partial charge >= 0.3 is 23.9 Å². The molecule has 0 aliphatic heterocycles. The summed E-state index contributed by atoms with van der Waals surface area (Å²) in [6, 6.07) is 6.83. The van der Waals surface area contributed by atoms with E-state index in [-0.39, 0.29) is 32.6 Å². The summed E-state index contributed by atoms with van der Waals surface area (Å²) in [6.45, 7) is 6.96. The Bertz CT molecular complexity index is 1020. The zero-order valence-electron chi connectivity index (χ0n) is 32.7. The van der Waals surface area contributed by atoms with E-state index in [1.165, 1.54) is 64.2 Å². The molecule has 0 amide bonds. The molecule has 2 saturated carbocycles. The molecule has 0 radical (unpaired) electrons. The van der Waals surface area contributed by atoms with Crippen LogP contribution in [0.3, 0.4) is 0 Å². The first-order valence-electron chi connectivity index (χ1n) is 20.4. The number of carbonyl (C=O) groups is 4. The molecule has 2 fully saturated rings. The lowest BCUT2D eigenvalue weighted by atomic mass is 9.97. The van der Waals surface area contributed by atoms with Gasteiger partial charge < -0.3 is 18.9 Å². The maximum atomic E-state index is 12.5. The van der Waals surface area contributed by atoms with Crippen LogP contribution in [0.1, 0.15) is 195 Å². The summed E-state index contributed by atoms with van der Waals surface area (Å²) in [5.74, 6) is -1.20. The Labute approximate surface area is 316 Å². The van der Waals surface area contributed by atoms with Crippen molar-refractivity contribution in [2.24, 2.45) is 0 Å². The molecule has 0 bridgehead atoms. The minimum Gasteiger partial charge on any atom is -0.466 e. The highest BCUT2D eigenvalue weighted by atomic mass is 31.1. The number of rotatable bonds is 22. The van der Waals surface area contributed by atoms with Crippen molar-refractivity contribution in [1.29, 1.82) is 0 Å². The molecule has 296 valence electrons. The van der Waals surface area contributed by atoms with Crippen molar-refractivity contribution < 1.29 is 42.7 Å². The number of ether oxygens (including phenoxy) is 4. The Morgan fingerprint density at radius 1 is 0.558 bits per heavy atom. The van der Waals surface area contributed by atoms with E-state index in [2.05, 4.69) is 13.8 Å². The van der Waals surface area contributed by atoms with Crippen LogP contribution in [-0.4, -0.2) is 56.0 Å². The molecule has 2 aliphatic rings. The van der Waals surface area contributed by atoms with Gasteiger partial charge in [-0.15, -0.1) is 0 Å². The third-order valence-electron chi connectivity index (χ3n) is 9.30. The largest absolute Gasteiger partial charge is 0.466 e. The highest BCUT2D eigenvalue weighted by Crippen LogP contribution is 2.24. The quantitative estimate of drug-likeness (QED) is 0.0493. The summed E-state index contributed by atoms with van der Waals surface area (Å²) in [6.07, 6.45) is 25.7. The fourth-order valence-corrected chi connectivity index (χ4v) is 6.29. The van der Waals surface area contributed by atoms with Crippen LogP contribution < -0.4 is 0 Å². The van der Waals surface area contributed by atoms with E-state index < -0.39 is 11.9 Å². The molecule has 0 atom stereocenters. The second kappa shape index (κ2) is 32.8. The van der Waals surface area contributed by atoms with Gasteiger partial charge in [-0.3, -0.25) is 14.2 Å². The fraction of sp³-hybridized carbons (Fsp3) is 0.762. The number of carbonyl (C=O) groups excluding carboxylic acids is 4. The first-order chi connectivity index (χ1) is 25.4. The molecule has 0 aromatic heterocycles. The Morgan fingerprint density at radius 3 is 1.27 bits per heavy atom. The lowest BCUT2D eigenvalue weighted by Crippen LogP contribution is -2.24. The predicted octanol–water partition coefficient (Wildman–Crippen LogP) is 11.5. The Balaban J connectivity index is 0.000000483. The van der Waals surface area contributed by atoms with Gasteiger partial charge in [0.25, 0.3) is 0 Å². The molecule has 2 aliphatic carbocycles. The van der Waals surface area contributed by atoms with E-state index in [1.807, 2.05) is 0 Å². The highest BCUT2D eigenvalue weighted by Gasteiger charge is 2.25. The van der Waals surface area contributed by atoms with E-state index in [4.69, 9.17) is 23.5 Å². The summed E-state index contributed by atoms with van der Waals surface area (Å²) in [7, 11) is 0.167. The highest BCUT2D eigenvalue weighted by molar-refractivity contribution is 7.22. The van der Waals surface area contributed by atoms with Crippen LogP contribution in [-0.2, 0) is 33.1 Å². The minimum absolute atomic E-state index is 0.0197. The van der Waals surface area contributed by atoms with Crippen molar-refractivity contribution in [1.82, 2.24) is 0 Å². The number of esters is 4. The van der Waals surface area contributed by atoms with E-state index in [1.54, 1.807) is 30.9 Å². The molecular formula is C42H69O9P. The van der Waals surface area contributed by atoms with Crippen molar-refractivity contribution in [2.75, 3.05) is 19.9 Å². The Morgan fingerprint density at radius 2 is 0.904 bits per heavy atom. The van der Waals surface area contributed by atoms with Crippen LogP contribution >= 0.6 is 8.46 Å². The molecule has 1 aromatic rings. The van der Waals surface area contributed by atoms with Gasteiger partial charge in [-0.1, -0.05) is 103 Å². The molecule has 0 heterocycles. The van der Waals surface area contributed by atoms with Crippen LogP contribution in [0, 0.1) is 0 Å². The van der Waals surface area contributed by atoms with Crippen molar-refractivity contribution in [3.05, 3.63) is 35.4 Å². The molecule has 3 rings (SSSR count). The summed E-state index contributed by atoms with van der Waals surface area (Å²) in [4.78, 5) is 48.1. The molecule has 0 unspecified atom stereocenters. The summed E-state index contributed by atoms with van der Waals surface area (Å²) in [5.41, 5.74) is 0.646.